The normalized spacial score (nSPS) is 34.8. The lowest BCUT2D eigenvalue weighted by Gasteiger charge is -2.02. The van der Waals surface area contributed by atoms with Crippen LogP contribution in [0.4, 0.5) is 0 Å². The van der Waals surface area contributed by atoms with Gasteiger partial charge in [0.15, 0.2) is 13.6 Å². The molecule has 3 nitrogen and oxygen atoms in total. The summed E-state index contributed by atoms with van der Waals surface area (Å²) in [5.41, 5.74) is 0. The Balaban J connectivity index is 2.77. The van der Waals surface area contributed by atoms with Gasteiger partial charge in [0, 0.05) is 0 Å². The smallest absolute Gasteiger partial charge is 0.228 e. The highest BCUT2D eigenvalue weighted by Crippen LogP contribution is 2.15. The summed E-state index contributed by atoms with van der Waals surface area (Å²) >= 11 is 0. The van der Waals surface area contributed by atoms with E-state index < -0.39 is 17.9 Å². The largest absolute Gasteiger partial charge is 0.493 e. The molecule has 0 unspecified atom stereocenters. The van der Waals surface area contributed by atoms with Gasteiger partial charge in [0.05, 0.1) is 6.00 Å². The Labute approximate surface area is 53.7 Å². The van der Waals surface area contributed by atoms with E-state index in [-0.39, 0.29) is 5.76 Å². The second-order valence-corrected chi connectivity index (χ2v) is 2.06. The Morgan fingerprint density at radius 2 is 2.33 bits per heavy atom. The molecular formula is C5H7BO3. The van der Waals surface area contributed by atoms with Gasteiger partial charge >= 0.3 is 0 Å². The summed E-state index contributed by atoms with van der Waals surface area (Å²) in [6, 6.07) is -0.426. The molecule has 0 aromatic rings. The molecule has 0 saturated carbocycles. The molecule has 4 heteroatoms. The highest BCUT2D eigenvalue weighted by atomic mass is 16.5. The summed E-state index contributed by atoms with van der Waals surface area (Å²) in [6.07, 6.45) is -1.00. The summed E-state index contributed by atoms with van der Waals surface area (Å²) in [4.78, 5) is 10.6. The summed E-state index contributed by atoms with van der Waals surface area (Å²) in [5.74, 6) is -0.336. The van der Waals surface area contributed by atoms with Crippen molar-refractivity contribution in [2.75, 3.05) is 0 Å². The lowest BCUT2D eigenvalue weighted by atomic mass is 9.94. The molecule has 1 N–H and O–H groups in total. The Hall–Kier alpha value is -0.765. The van der Waals surface area contributed by atoms with Gasteiger partial charge in [-0.15, -0.1) is 0 Å². The van der Waals surface area contributed by atoms with Gasteiger partial charge < -0.3 is 9.84 Å². The Bertz CT molecular complexity index is 166. The average molecular weight is 126 g/mol. The van der Waals surface area contributed by atoms with Gasteiger partial charge in [-0.3, -0.25) is 4.79 Å². The lowest BCUT2D eigenvalue weighted by molar-refractivity contribution is -0.121. The summed E-state index contributed by atoms with van der Waals surface area (Å²) in [5, 5.41) is 8.90. The van der Waals surface area contributed by atoms with Crippen molar-refractivity contribution < 1.29 is 14.6 Å². The first-order valence-corrected chi connectivity index (χ1v) is 2.71. The van der Waals surface area contributed by atoms with Crippen molar-refractivity contribution in [2.45, 2.75) is 12.1 Å². The third kappa shape index (κ3) is 0.854. The van der Waals surface area contributed by atoms with E-state index in [1.165, 1.54) is 0 Å². The number of hydrogen-bond acceptors (Lipinski definition) is 3. The van der Waals surface area contributed by atoms with Crippen LogP contribution in [0.15, 0.2) is 12.3 Å². The van der Waals surface area contributed by atoms with Gasteiger partial charge in [-0.2, -0.15) is 0 Å². The molecule has 0 radical (unpaired) electrons. The van der Waals surface area contributed by atoms with Gasteiger partial charge in [-0.1, -0.05) is 6.58 Å². The van der Waals surface area contributed by atoms with Crippen LogP contribution in [0.25, 0.3) is 0 Å². The average Bonchev–Trinajstić information content (AvgIpc) is 1.98. The highest BCUT2D eigenvalue weighted by Gasteiger charge is 2.34. The minimum atomic E-state index is -1.00. The zero-order valence-electron chi connectivity index (χ0n) is 5.13. The maximum absolute atomic E-state index is 10.6. The first-order valence-electron chi connectivity index (χ1n) is 2.71. The van der Waals surface area contributed by atoms with Gasteiger partial charge in [-0.05, 0) is 0 Å². The van der Waals surface area contributed by atoms with Crippen molar-refractivity contribution in [2.24, 2.45) is 0 Å². The van der Waals surface area contributed by atoms with Crippen LogP contribution in [0.2, 0.25) is 0 Å². The molecule has 1 aliphatic heterocycles. The molecule has 0 amide bonds. The van der Waals surface area contributed by atoms with Crippen LogP contribution >= 0.6 is 0 Å². The standard InChI is InChI=1S/C5H7BO3/c1-2-3(7)4(8)5(6)9-2/h4-5,8H,1,6H2/t4-,5-/m1/s1. The second-order valence-electron chi connectivity index (χ2n) is 2.06. The van der Waals surface area contributed by atoms with Gasteiger partial charge in [-0.25, -0.2) is 0 Å². The first kappa shape index (κ1) is 6.36. The van der Waals surface area contributed by atoms with Crippen LogP contribution in [0, 0.1) is 0 Å². The molecule has 1 aliphatic rings. The summed E-state index contributed by atoms with van der Waals surface area (Å²) in [6.45, 7) is 3.30. The zero-order valence-corrected chi connectivity index (χ0v) is 5.13. The molecule has 2 atom stereocenters. The van der Waals surface area contributed by atoms with E-state index in [9.17, 15) is 4.79 Å². The minimum absolute atomic E-state index is 0.0648. The molecule has 48 valence electrons. The molecule has 1 fully saturated rings. The van der Waals surface area contributed by atoms with E-state index in [0.29, 0.717) is 0 Å². The van der Waals surface area contributed by atoms with Crippen molar-refractivity contribution in [1.29, 1.82) is 0 Å². The lowest BCUT2D eigenvalue weighted by Crippen LogP contribution is -2.25. The first-order chi connectivity index (χ1) is 4.13. The van der Waals surface area contributed by atoms with Crippen LogP contribution in [-0.4, -0.2) is 30.8 Å². The van der Waals surface area contributed by atoms with Crippen LogP contribution in [0.1, 0.15) is 0 Å². The molecule has 0 spiro atoms. The van der Waals surface area contributed by atoms with E-state index in [2.05, 4.69) is 6.58 Å². The molecule has 0 bridgehead atoms. The molecule has 1 saturated heterocycles. The quantitative estimate of drug-likeness (QED) is 0.314. The molecule has 0 aliphatic carbocycles. The van der Waals surface area contributed by atoms with Crippen molar-refractivity contribution in [1.82, 2.24) is 0 Å². The van der Waals surface area contributed by atoms with E-state index in [1.807, 2.05) is 0 Å². The topological polar surface area (TPSA) is 46.5 Å². The Morgan fingerprint density at radius 3 is 2.44 bits per heavy atom. The van der Waals surface area contributed by atoms with Crippen molar-refractivity contribution in [3.63, 3.8) is 0 Å². The number of carbonyl (C=O) groups excluding carboxylic acids is 1. The molecule has 9 heavy (non-hydrogen) atoms. The third-order valence-electron chi connectivity index (χ3n) is 1.32. The van der Waals surface area contributed by atoms with Gasteiger partial charge in [0.25, 0.3) is 0 Å². The van der Waals surface area contributed by atoms with Gasteiger partial charge in [0.1, 0.15) is 6.10 Å². The summed E-state index contributed by atoms with van der Waals surface area (Å²) in [7, 11) is 1.63. The fourth-order valence-corrected chi connectivity index (χ4v) is 0.725. The summed E-state index contributed by atoms with van der Waals surface area (Å²) < 4.78 is 4.79. The predicted octanol–water partition coefficient (Wildman–Crippen LogP) is -1.58. The number of ketones is 1. The number of Topliss-reactive ketones (excluding diaryl/α,β-unsaturated/α-hetero) is 1. The molecule has 0 aromatic heterocycles. The monoisotopic (exact) mass is 126 g/mol. The number of ether oxygens (including phenoxy) is 1. The van der Waals surface area contributed by atoms with E-state index in [4.69, 9.17) is 9.84 Å². The maximum atomic E-state index is 10.6. The number of aliphatic hydroxyl groups excluding tert-OH is 1. The maximum Gasteiger partial charge on any atom is 0.228 e. The van der Waals surface area contributed by atoms with E-state index >= 15 is 0 Å². The molecule has 1 heterocycles. The van der Waals surface area contributed by atoms with Crippen LogP contribution in [0.5, 0.6) is 0 Å². The SMILES string of the molecule is B[C@@H]1OC(=C)C(=O)[C@H]1O. The fraction of sp³-hybridized carbons (Fsp3) is 0.400. The Morgan fingerprint density at radius 1 is 1.78 bits per heavy atom. The minimum Gasteiger partial charge on any atom is -0.493 e. The Kier molecular flexibility index (Phi) is 1.33. The highest BCUT2D eigenvalue weighted by molar-refractivity contribution is 6.17. The van der Waals surface area contributed by atoms with Crippen LogP contribution in [-0.2, 0) is 9.53 Å². The third-order valence-corrected chi connectivity index (χ3v) is 1.32. The number of aliphatic hydroxyl groups is 1. The van der Waals surface area contributed by atoms with E-state index in [0.717, 1.165) is 0 Å². The zero-order chi connectivity index (χ0) is 7.02. The molecule has 0 aromatic carbocycles. The van der Waals surface area contributed by atoms with Crippen molar-refractivity contribution in [3.8, 4) is 0 Å². The fourth-order valence-electron chi connectivity index (χ4n) is 0.725. The number of hydrogen-bond donors (Lipinski definition) is 1. The second kappa shape index (κ2) is 1.88. The van der Waals surface area contributed by atoms with Gasteiger partial charge in [0.2, 0.25) is 5.78 Å². The number of rotatable bonds is 0. The molecular weight excluding hydrogens is 119 g/mol. The van der Waals surface area contributed by atoms with Crippen LogP contribution < -0.4 is 0 Å². The predicted molar refractivity (Wildman–Crippen MR) is 33.6 cm³/mol. The van der Waals surface area contributed by atoms with Crippen molar-refractivity contribution in [3.05, 3.63) is 12.3 Å². The van der Waals surface area contributed by atoms with Crippen molar-refractivity contribution >= 4 is 13.6 Å². The molecule has 1 rings (SSSR count). The van der Waals surface area contributed by atoms with E-state index in [1.54, 1.807) is 7.85 Å². The van der Waals surface area contributed by atoms with Crippen LogP contribution in [0.3, 0.4) is 0 Å². The number of carbonyl (C=O) groups is 1.